The highest BCUT2D eigenvalue weighted by Crippen LogP contribution is 2.30. The second-order valence-electron chi connectivity index (χ2n) is 7.63. The number of carbonyl (C=O) groups excluding carboxylic acids is 1. The molecule has 1 aliphatic rings. The Morgan fingerprint density at radius 3 is 2.65 bits per heavy atom. The molecule has 2 N–H and O–H groups in total. The van der Waals surface area contributed by atoms with Gasteiger partial charge in [-0.15, -0.1) is 5.10 Å². The van der Waals surface area contributed by atoms with E-state index in [-0.39, 0.29) is 23.2 Å². The summed E-state index contributed by atoms with van der Waals surface area (Å²) in [5, 5.41) is 11.4. The Labute approximate surface area is 192 Å². The lowest BCUT2D eigenvalue weighted by molar-refractivity contribution is 0.0303. The average Bonchev–Trinajstić information content (AvgIpc) is 3.35. The van der Waals surface area contributed by atoms with Crippen LogP contribution in [0.5, 0.6) is 0 Å². The molecule has 0 unspecified atom stereocenters. The van der Waals surface area contributed by atoms with E-state index in [4.69, 9.17) is 10.5 Å². The zero-order chi connectivity index (χ0) is 23.7. The number of aromatic nitrogens is 5. The molecule has 1 saturated heterocycles. The van der Waals surface area contributed by atoms with Gasteiger partial charge in [0.1, 0.15) is 11.5 Å². The van der Waals surface area contributed by atoms with E-state index in [1.54, 1.807) is 35.4 Å². The Morgan fingerprint density at radius 1 is 1.03 bits per heavy atom. The number of benzene rings is 2. The number of nitrogens with two attached hydrogens (primary N) is 1. The van der Waals surface area contributed by atoms with Crippen LogP contribution >= 0.6 is 0 Å². The second-order valence-corrected chi connectivity index (χ2v) is 7.63. The van der Waals surface area contributed by atoms with Crippen LogP contribution < -0.4 is 5.73 Å². The topological polar surface area (TPSA) is 112 Å². The maximum absolute atomic E-state index is 14.4. The van der Waals surface area contributed by atoms with Crippen LogP contribution in [0.1, 0.15) is 10.4 Å². The molecule has 0 saturated carbocycles. The minimum atomic E-state index is -1.09. The third kappa shape index (κ3) is 3.97. The molecule has 3 heterocycles. The quantitative estimate of drug-likeness (QED) is 0.495. The van der Waals surface area contributed by atoms with Crippen molar-refractivity contribution in [2.24, 2.45) is 0 Å². The van der Waals surface area contributed by atoms with E-state index >= 15 is 0 Å². The monoisotopic (exact) mass is 463 g/mol. The van der Waals surface area contributed by atoms with Gasteiger partial charge in [0.2, 0.25) is 0 Å². The van der Waals surface area contributed by atoms with Crippen molar-refractivity contribution < 1.29 is 18.3 Å². The second kappa shape index (κ2) is 8.94. The van der Waals surface area contributed by atoms with Crippen LogP contribution in [-0.4, -0.2) is 62.3 Å². The molecule has 0 aliphatic carbocycles. The smallest absolute Gasteiger partial charge is 0.254 e. The first-order valence-corrected chi connectivity index (χ1v) is 10.5. The number of halogens is 2. The molecule has 1 amide bonds. The molecule has 4 aromatic rings. The number of hydrogen-bond donors (Lipinski definition) is 1. The van der Waals surface area contributed by atoms with Crippen LogP contribution in [0.15, 0.2) is 54.7 Å². The number of amides is 1. The molecule has 0 spiro atoms. The van der Waals surface area contributed by atoms with Gasteiger partial charge < -0.3 is 15.4 Å². The SMILES string of the molecule is Nc1ncc(-c2cccc(C(=O)N3CCOCC3)c2)cc1-c1nnnn1-c1cccc(F)c1F. The maximum atomic E-state index is 14.4. The van der Waals surface area contributed by atoms with Crippen LogP contribution in [0.3, 0.4) is 0 Å². The van der Waals surface area contributed by atoms with Crippen molar-refractivity contribution in [3.05, 3.63) is 71.9 Å². The van der Waals surface area contributed by atoms with Crippen LogP contribution in [-0.2, 0) is 4.74 Å². The van der Waals surface area contributed by atoms with Crippen molar-refractivity contribution in [2.45, 2.75) is 0 Å². The molecule has 11 heteroatoms. The molecule has 0 radical (unpaired) electrons. The van der Waals surface area contributed by atoms with Crippen molar-refractivity contribution in [1.29, 1.82) is 0 Å². The van der Waals surface area contributed by atoms with Gasteiger partial charge in [0.05, 0.1) is 18.8 Å². The summed E-state index contributed by atoms with van der Waals surface area (Å²) in [5.41, 5.74) is 8.16. The number of ether oxygens (including phenoxy) is 1. The average molecular weight is 463 g/mol. The number of tetrazole rings is 1. The van der Waals surface area contributed by atoms with Crippen LogP contribution in [0, 0.1) is 11.6 Å². The first kappa shape index (κ1) is 21.6. The van der Waals surface area contributed by atoms with E-state index in [1.165, 1.54) is 12.1 Å². The normalized spacial score (nSPS) is 13.8. The molecule has 5 rings (SSSR count). The van der Waals surface area contributed by atoms with Gasteiger partial charge in [0.15, 0.2) is 17.5 Å². The van der Waals surface area contributed by atoms with Crippen molar-refractivity contribution >= 4 is 11.7 Å². The van der Waals surface area contributed by atoms with Crippen molar-refractivity contribution in [3.8, 4) is 28.2 Å². The number of pyridine rings is 1. The van der Waals surface area contributed by atoms with Gasteiger partial charge in [-0.3, -0.25) is 4.79 Å². The lowest BCUT2D eigenvalue weighted by atomic mass is 10.0. The first-order valence-electron chi connectivity index (χ1n) is 10.5. The molecule has 9 nitrogen and oxygen atoms in total. The first-order chi connectivity index (χ1) is 16.5. The molecule has 0 atom stereocenters. The van der Waals surface area contributed by atoms with Crippen molar-refractivity contribution in [3.63, 3.8) is 0 Å². The summed E-state index contributed by atoms with van der Waals surface area (Å²) in [5.74, 6) is -2.00. The van der Waals surface area contributed by atoms with Crippen molar-refractivity contribution in [1.82, 2.24) is 30.1 Å². The number of carbonyl (C=O) groups is 1. The molecule has 1 aliphatic heterocycles. The fourth-order valence-electron chi connectivity index (χ4n) is 3.77. The summed E-state index contributed by atoms with van der Waals surface area (Å²) < 4.78 is 34.6. The predicted molar refractivity (Wildman–Crippen MR) is 119 cm³/mol. The van der Waals surface area contributed by atoms with Gasteiger partial charge >= 0.3 is 0 Å². The van der Waals surface area contributed by atoms with Crippen LogP contribution in [0.25, 0.3) is 28.2 Å². The zero-order valence-corrected chi connectivity index (χ0v) is 17.9. The number of rotatable bonds is 4. The van der Waals surface area contributed by atoms with E-state index in [0.29, 0.717) is 43.0 Å². The summed E-state index contributed by atoms with van der Waals surface area (Å²) in [7, 11) is 0. The van der Waals surface area contributed by atoms with Gasteiger partial charge in [-0.25, -0.2) is 13.8 Å². The molecular formula is C23H19F2N7O2. The van der Waals surface area contributed by atoms with E-state index in [1.807, 2.05) is 6.07 Å². The molecule has 172 valence electrons. The Balaban J connectivity index is 1.53. The van der Waals surface area contributed by atoms with Crippen LogP contribution in [0.4, 0.5) is 14.6 Å². The zero-order valence-electron chi connectivity index (χ0n) is 17.9. The molecule has 2 aromatic carbocycles. The van der Waals surface area contributed by atoms with Gasteiger partial charge in [-0.05, 0) is 46.3 Å². The van der Waals surface area contributed by atoms with Gasteiger partial charge in [0, 0.05) is 30.4 Å². The summed E-state index contributed by atoms with van der Waals surface area (Å²) in [4.78, 5) is 18.9. The van der Waals surface area contributed by atoms with Gasteiger partial charge in [-0.1, -0.05) is 18.2 Å². The van der Waals surface area contributed by atoms with Gasteiger partial charge in [0.25, 0.3) is 5.91 Å². The fourth-order valence-corrected chi connectivity index (χ4v) is 3.77. The lowest BCUT2D eigenvalue weighted by Gasteiger charge is -2.27. The Morgan fingerprint density at radius 2 is 1.82 bits per heavy atom. The highest BCUT2D eigenvalue weighted by molar-refractivity contribution is 5.95. The highest BCUT2D eigenvalue weighted by Gasteiger charge is 2.21. The van der Waals surface area contributed by atoms with Gasteiger partial charge in [-0.2, -0.15) is 4.68 Å². The molecular weight excluding hydrogens is 444 g/mol. The number of anilines is 1. The summed E-state index contributed by atoms with van der Waals surface area (Å²) in [6.45, 7) is 2.10. The third-order valence-corrected chi connectivity index (χ3v) is 5.53. The van der Waals surface area contributed by atoms with Crippen LogP contribution in [0.2, 0.25) is 0 Å². The highest BCUT2D eigenvalue weighted by atomic mass is 19.2. The van der Waals surface area contributed by atoms with E-state index in [9.17, 15) is 13.6 Å². The minimum absolute atomic E-state index is 0.0840. The molecule has 1 fully saturated rings. The maximum Gasteiger partial charge on any atom is 0.254 e. The lowest BCUT2D eigenvalue weighted by Crippen LogP contribution is -2.40. The Hall–Kier alpha value is -4.25. The molecule has 2 aromatic heterocycles. The number of nitrogen functional groups attached to an aromatic ring is 1. The minimum Gasteiger partial charge on any atom is -0.383 e. The predicted octanol–water partition coefficient (Wildman–Crippen LogP) is 2.72. The third-order valence-electron chi connectivity index (χ3n) is 5.53. The molecule has 34 heavy (non-hydrogen) atoms. The summed E-state index contributed by atoms with van der Waals surface area (Å²) >= 11 is 0. The Bertz CT molecular complexity index is 1370. The largest absolute Gasteiger partial charge is 0.383 e. The number of nitrogens with zero attached hydrogens (tertiary/aromatic N) is 6. The number of morpholine rings is 1. The number of hydrogen-bond acceptors (Lipinski definition) is 7. The summed E-state index contributed by atoms with van der Waals surface area (Å²) in [6.07, 6.45) is 1.56. The summed E-state index contributed by atoms with van der Waals surface area (Å²) in [6, 6.07) is 12.5. The standard InChI is InChI=1S/C23H19F2N7O2/c24-18-5-2-6-19(20(18)25)32-22(28-29-30-32)17-12-16(13-27-21(17)26)14-3-1-4-15(11-14)23(33)31-7-9-34-10-8-31/h1-6,11-13H,7-10H2,(H2,26,27). The van der Waals surface area contributed by atoms with E-state index < -0.39 is 11.6 Å². The van der Waals surface area contributed by atoms with E-state index in [0.717, 1.165) is 16.3 Å². The Kier molecular flexibility index (Phi) is 5.68. The molecule has 0 bridgehead atoms. The fraction of sp³-hybridized carbons (Fsp3) is 0.174. The van der Waals surface area contributed by atoms with E-state index in [2.05, 4.69) is 20.5 Å². The van der Waals surface area contributed by atoms with Crippen molar-refractivity contribution in [2.75, 3.05) is 32.0 Å².